The number of aryl methyl sites for hydroxylation is 1. The molecule has 0 saturated carbocycles. The fourth-order valence-electron chi connectivity index (χ4n) is 6.26. The van der Waals surface area contributed by atoms with E-state index in [9.17, 15) is 9.59 Å². The van der Waals surface area contributed by atoms with Gasteiger partial charge in [0.05, 0.1) is 5.92 Å². The Morgan fingerprint density at radius 2 is 1.94 bits per heavy atom. The maximum absolute atomic E-state index is 13.3. The third-order valence-corrected chi connectivity index (χ3v) is 8.23. The zero-order chi connectivity index (χ0) is 22.9. The average molecular weight is 452 g/mol. The summed E-state index contributed by atoms with van der Waals surface area (Å²) in [6.07, 6.45) is 7.51. The minimum atomic E-state index is -0.0889. The van der Waals surface area contributed by atoms with Gasteiger partial charge in [0, 0.05) is 62.1 Å². The van der Waals surface area contributed by atoms with Crippen molar-refractivity contribution in [2.45, 2.75) is 51.9 Å². The molecule has 1 aromatic carbocycles. The molecule has 178 valence electrons. The first-order chi connectivity index (χ1) is 16.1. The lowest BCUT2D eigenvalue weighted by Gasteiger charge is -2.33. The number of rotatable bonds is 5. The molecular weight excluding hydrogens is 414 g/mol. The molecule has 2 amide bonds. The predicted molar refractivity (Wildman–Crippen MR) is 129 cm³/mol. The topological polar surface area (TPSA) is 63.6 Å². The number of aromatic nitrogens is 1. The smallest absolute Gasteiger partial charge is 0.253 e. The Kier molecular flexibility index (Phi) is 6.46. The molecule has 2 atom stereocenters. The van der Waals surface area contributed by atoms with E-state index in [1.165, 1.54) is 41.4 Å². The second-order valence-corrected chi connectivity index (χ2v) is 10.2. The van der Waals surface area contributed by atoms with Crippen LogP contribution in [0.5, 0.6) is 0 Å². The Balaban J connectivity index is 1.35. The molecule has 2 fully saturated rings. The lowest BCUT2D eigenvalue weighted by molar-refractivity contribution is -0.124. The molecule has 2 unspecified atom stereocenters. The van der Waals surface area contributed by atoms with Crippen LogP contribution in [-0.4, -0.2) is 54.1 Å². The number of nitrogens with zero attached hydrogens (tertiary/aromatic N) is 2. The van der Waals surface area contributed by atoms with E-state index < -0.39 is 0 Å². The van der Waals surface area contributed by atoms with E-state index in [-0.39, 0.29) is 17.7 Å². The Bertz CT molecular complexity index is 1040. The van der Waals surface area contributed by atoms with Gasteiger partial charge in [0.25, 0.3) is 5.91 Å². The number of carbonyl (C=O) groups is 2. The van der Waals surface area contributed by atoms with Crippen LogP contribution in [0, 0.1) is 17.8 Å². The third kappa shape index (κ3) is 4.30. The van der Waals surface area contributed by atoms with Crippen molar-refractivity contribution >= 4 is 22.7 Å². The molecular formula is C27H37N3O3. The Labute approximate surface area is 196 Å². The number of likely N-dealkylation sites (tertiary alicyclic amines) is 1. The fourth-order valence-corrected chi connectivity index (χ4v) is 6.26. The minimum Gasteiger partial charge on any atom is -0.381 e. The largest absolute Gasteiger partial charge is 0.381 e. The van der Waals surface area contributed by atoms with Crippen molar-refractivity contribution in [1.29, 1.82) is 0 Å². The van der Waals surface area contributed by atoms with Crippen molar-refractivity contribution in [3.05, 3.63) is 35.0 Å². The lowest BCUT2D eigenvalue weighted by atomic mass is 9.75. The molecule has 1 aromatic heterocycles. The van der Waals surface area contributed by atoms with E-state index in [0.717, 1.165) is 50.4 Å². The standard InChI is InChI=1S/C27H37N3O3/c1-3-11-28-26(31)21-8-12-30(17-21)27(32)20-5-7-25-23(16-20)22-15-19(4-6-24(22)29(25)2)18-9-13-33-14-10-18/h5,7,16,18-19,21H,3-4,6,8-15,17H2,1-2H3,(H,28,31). The zero-order valence-electron chi connectivity index (χ0n) is 20.1. The van der Waals surface area contributed by atoms with Gasteiger partial charge in [-0.05, 0) is 80.5 Å². The monoisotopic (exact) mass is 451 g/mol. The predicted octanol–water partition coefficient (Wildman–Crippen LogP) is 3.70. The third-order valence-electron chi connectivity index (χ3n) is 8.23. The fraction of sp³-hybridized carbons (Fsp3) is 0.630. The van der Waals surface area contributed by atoms with Gasteiger partial charge in [-0.15, -0.1) is 0 Å². The normalized spacial score (nSPS) is 23.6. The summed E-state index contributed by atoms with van der Waals surface area (Å²) in [6, 6.07) is 6.20. The highest BCUT2D eigenvalue weighted by atomic mass is 16.5. The quantitative estimate of drug-likeness (QED) is 0.754. The molecule has 6 nitrogen and oxygen atoms in total. The molecule has 2 saturated heterocycles. The van der Waals surface area contributed by atoms with Gasteiger partial charge < -0.3 is 19.5 Å². The highest BCUT2D eigenvalue weighted by molar-refractivity contribution is 5.99. The van der Waals surface area contributed by atoms with Crippen molar-refractivity contribution in [3.63, 3.8) is 0 Å². The van der Waals surface area contributed by atoms with Crippen LogP contribution in [0.25, 0.3) is 10.9 Å². The second-order valence-electron chi connectivity index (χ2n) is 10.2. The van der Waals surface area contributed by atoms with Gasteiger partial charge >= 0.3 is 0 Å². The number of ether oxygens (including phenoxy) is 1. The van der Waals surface area contributed by atoms with Crippen LogP contribution in [0.2, 0.25) is 0 Å². The number of amides is 2. The van der Waals surface area contributed by atoms with Gasteiger partial charge in [-0.25, -0.2) is 0 Å². The summed E-state index contributed by atoms with van der Waals surface area (Å²) >= 11 is 0. The molecule has 5 rings (SSSR count). The Hall–Kier alpha value is -2.34. The highest BCUT2D eigenvalue weighted by Crippen LogP contribution is 2.39. The molecule has 3 heterocycles. The van der Waals surface area contributed by atoms with E-state index in [2.05, 4.69) is 36.0 Å². The summed E-state index contributed by atoms with van der Waals surface area (Å²) in [5.74, 6) is 1.52. The van der Waals surface area contributed by atoms with Crippen LogP contribution in [0.4, 0.5) is 0 Å². The summed E-state index contributed by atoms with van der Waals surface area (Å²) < 4.78 is 7.93. The Morgan fingerprint density at radius 3 is 2.73 bits per heavy atom. The molecule has 33 heavy (non-hydrogen) atoms. The number of hydrogen-bond acceptors (Lipinski definition) is 3. The van der Waals surface area contributed by atoms with Gasteiger partial charge in [-0.1, -0.05) is 6.92 Å². The minimum absolute atomic E-state index is 0.0529. The SMILES string of the molecule is CCCNC(=O)C1CCN(C(=O)c2ccc3c(c2)c2c(n3C)CCC(C3CCOCC3)C2)C1. The summed E-state index contributed by atoms with van der Waals surface area (Å²) in [5.41, 5.74) is 4.86. The highest BCUT2D eigenvalue weighted by Gasteiger charge is 2.33. The first-order valence-corrected chi connectivity index (χ1v) is 12.8. The first-order valence-electron chi connectivity index (χ1n) is 12.8. The van der Waals surface area contributed by atoms with Crippen molar-refractivity contribution in [2.24, 2.45) is 24.8 Å². The Morgan fingerprint density at radius 1 is 1.12 bits per heavy atom. The lowest BCUT2D eigenvalue weighted by Crippen LogP contribution is -2.34. The van der Waals surface area contributed by atoms with Crippen molar-refractivity contribution < 1.29 is 14.3 Å². The van der Waals surface area contributed by atoms with E-state index in [0.29, 0.717) is 25.6 Å². The number of carbonyl (C=O) groups excluding carboxylic acids is 2. The van der Waals surface area contributed by atoms with Gasteiger partial charge in [0.15, 0.2) is 0 Å². The molecule has 0 bridgehead atoms. The number of nitrogens with one attached hydrogen (secondary N) is 1. The second kappa shape index (κ2) is 9.49. The maximum Gasteiger partial charge on any atom is 0.253 e. The van der Waals surface area contributed by atoms with Gasteiger partial charge in [0.1, 0.15) is 0 Å². The van der Waals surface area contributed by atoms with E-state index in [4.69, 9.17) is 4.74 Å². The molecule has 0 spiro atoms. The van der Waals surface area contributed by atoms with Crippen molar-refractivity contribution in [1.82, 2.24) is 14.8 Å². The average Bonchev–Trinajstić information content (AvgIpc) is 3.46. The van der Waals surface area contributed by atoms with Crippen molar-refractivity contribution in [2.75, 3.05) is 32.8 Å². The van der Waals surface area contributed by atoms with Gasteiger partial charge in [-0.3, -0.25) is 9.59 Å². The zero-order valence-corrected chi connectivity index (χ0v) is 20.1. The van der Waals surface area contributed by atoms with E-state index >= 15 is 0 Å². The molecule has 0 radical (unpaired) electrons. The van der Waals surface area contributed by atoms with E-state index in [1.54, 1.807) is 0 Å². The van der Waals surface area contributed by atoms with Crippen LogP contribution >= 0.6 is 0 Å². The molecule has 1 N–H and O–H groups in total. The number of hydrogen-bond donors (Lipinski definition) is 1. The van der Waals surface area contributed by atoms with Gasteiger partial charge in [-0.2, -0.15) is 0 Å². The van der Waals surface area contributed by atoms with E-state index in [1.807, 2.05) is 11.0 Å². The van der Waals surface area contributed by atoms with Crippen LogP contribution in [0.1, 0.15) is 60.6 Å². The van der Waals surface area contributed by atoms with Crippen molar-refractivity contribution in [3.8, 4) is 0 Å². The summed E-state index contributed by atoms with van der Waals surface area (Å²) in [7, 11) is 2.16. The maximum atomic E-state index is 13.3. The molecule has 2 aromatic rings. The van der Waals surface area contributed by atoms with Gasteiger partial charge in [0.2, 0.25) is 5.91 Å². The molecule has 6 heteroatoms. The number of benzene rings is 1. The van der Waals surface area contributed by atoms with Crippen LogP contribution < -0.4 is 5.32 Å². The number of fused-ring (bicyclic) bond motifs is 3. The summed E-state index contributed by atoms with van der Waals surface area (Å²) in [5, 5.41) is 4.22. The molecule has 1 aliphatic carbocycles. The molecule has 3 aliphatic rings. The first kappa shape index (κ1) is 22.5. The molecule has 2 aliphatic heterocycles. The van der Waals surface area contributed by atoms with Crippen LogP contribution in [0.3, 0.4) is 0 Å². The van der Waals surface area contributed by atoms with Crippen LogP contribution in [-0.2, 0) is 29.4 Å². The van der Waals surface area contributed by atoms with Crippen LogP contribution in [0.15, 0.2) is 18.2 Å². The summed E-state index contributed by atoms with van der Waals surface area (Å²) in [6.45, 7) is 5.72. The summed E-state index contributed by atoms with van der Waals surface area (Å²) in [4.78, 5) is 27.5.